The minimum Gasteiger partial charge on any atom is -0.464 e. The van der Waals surface area contributed by atoms with Crippen molar-refractivity contribution in [1.82, 2.24) is 4.90 Å². The highest BCUT2D eigenvalue weighted by atomic mass is 32.2. The second-order valence-corrected chi connectivity index (χ2v) is 8.52. The third kappa shape index (κ3) is 6.98. The molecule has 1 fully saturated rings. The Morgan fingerprint density at radius 2 is 1.69 bits per heavy atom. The Balaban J connectivity index is 2.55. The van der Waals surface area contributed by atoms with Gasteiger partial charge in [-0.05, 0) is 33.6 Å². The Morgan fingerprint density at radius 3 is 2.08 bits per heavy atom. The van der Waals surface area contributed by atoms with Gasteiger partial charge in [0.15, 0.2) is 0 Å². The molecule has 1 N–H and O–H groups in total. The maximum Gasteiger partial charge on any atom is 0.411 e. The summed E-state index contributed by atoms with van der Waals surface area (Å²) in [5.41, 5.74) is -0.685. The van der Waals surface area contributed by atoms with Crippen LogP contribution in [0.2, 0.25) is 0 Å². The van der Waals surface area contributed by atoms with E-state index in [1.807, 2.05) is 0 Å². The first-order valence-electron chi connectivity index (χ1n) is 7.79. The number of rotatable bonds is 4. The number of carbonyl (C=O) groups is 2. The van der Waals surface area contributed by atoms with Crippen LogP contribution in [0.4, 0.5) is 18.0 Å². The minimum atomic E-state index is -5.46. The van der Waals surface area contributed by atoms with E-state index in [-0.39, 0.29) is 25.9 Å². The molecule has 1 saturated heterocycles. The molecule has 0 aromatic rings. The number of alkyl halides is 3. The molecule has 1 amide bonds. The molecule has 1 aliphatic heterocycles. The van der Waals surface area contributed by atoms with Gasteiger partial charge >= 0.3 is 18.2 Å². The maximum atomic E-state index is 12.6. The second-order valence-electron chi connectivity index (χ2n) is 6.92. The Hall–Kier alpha value is -1.56. The quantitative estimate of drug-likeness (QED) is 0.563. The van der Waals surface area contributed by atoms with Crippen LogP contribution in [0.5, 0.6) is 0 Å². The van der Waals surface area contributed by atoms with Crippen molar-refractivity contribution in [2.75, 3.05) is 19.7 Å². The molecule has 12 heteroatoms. The van der Waals surface area contributed by atoms with Crippen molar-refractivity contribution in [3.8, 4) is 0 Å². The molecular weight excluding hydrogens is 383 g/mol. The van der Waals surface area contributed by atoms with Gasteiger partial charge in [-0.3, -0.25) is 9.35 Å². The molecule has 0 aromatic carbocycles. The van der Waals surface area contributed by atoms with E-state index in [1.54, 1.807) is 20.8 Å². The van der Waals surface area contributed by atoms with Gasteiger partial charge in [0.1, 0.15) is 12.2 Å². The topological polar surface area (TPSA) is 110 Å². The standard InChI is InChI=1S/C14H22F3NO7S/c1-13(2,3)25-12(20)18-6-4-9(5-7-18)11(19)24-8-10(14(15,16)17)26(21,22)23/h9-10H,4-8H2,1-3H3,(H,21,22,23). The van der Waals surface area contributed by atoms with E-state index in [0.717, 1.165) is 0 Å². The van der Waals surface area contributed by atoms with Crippen LogP contribution in [0.25, 0.3) is 0 Å². The van der Waals surface area contributed by atoms with E-state index in [2.05, 4.69) is 4.74 Å². The van der Waals surface area contributed by atoms with Crippen LogP contribution in [-0.2, 0) is 24.4 Å². The number of halogens is 3. The van der Waals surface area contributed by atoms with Gasteiger partial charge in [-0.1, -0.05) is 0 Å². The van der Waals surface area contributed by atoms with E-state index in [1.165, 1.54) is 4.90 Å². The Labute approximate surface area is 149 Å². The van der Waals surface area contributed by atoms with Crippen LogP contribution >= 0.6 is 0 Å². The lowest BCUT2D eigenvalue weighted by Gasteiger charge is -2.32. The molecule has 0 aliphatic carbocycles. The van der Waals surface area contributed by atoms with E-state index < -0.39 is 51.7 Å². The monoisotopic (exact) mass is 405 g/mol. The van der Waals surface area contributed by atoms with Crippen molar-refractivity contribution in [2.45, 2.75) is 50.6 Å². The summed E-state index contributed by atoms with van der Waals surface area (Å²) in [5, 5.41) is -3.19. The molecule has 1 aliphatic rings. The van der Waals surface area contributed by atoms with Crippen molar-refractivity contribution in [3.05, 3.63) is 0 Å². The number of ether oxygens (including phenoxy) is 2. The Morgan fingerprint density at radius 1 is 1.19 bits per heavy atom. The van der Waals surface area contributed by atoms with E-state index in [9.17, 15) is 31.2 Å². The smallest absolute Gasteiger partial charge is 0.411 e. The number of esters is 1. The number of likely N-dealkylation sites (tertiary alicyclic amines) is 1. The fraction of sp³-hybridized carbons (Fsp3) is 0.857. The summed E-state index contributed by atoms with van der Waals surface area (Å²) in [6.45, 7) is 3.86. The summed E-state index contributed by atoms with van der Waals surface area (Å²) in [6, 6.07) is 0. The fourth-order valence-corrected chi connectivity index (χ4v) is 2.83. The van der Waals surface area contributed by atoms with Gasteiger partial charge in [0.05, 0.1) is 5.92 Å². The molecule has 0 aromatic heterocycles. The van der Waals surface area contributed by atoms with Gasteiger partial charge in [-0.25, -0.2) is 4.79 Å². The van der Waals surface area contributed by atoms with Gasteiger partial charge in [-0.15, -0.1) is 0 Å². The third-order valence-electron chi connectivity index (χ3n) is 3.58. The zero-order valence-corrected chi connectivity index (χ0v) is 15.4. The highest BCUT2D eigenvalue weighted by Gasteiger charge is 2.49. The number of hydrogen-bond acceptors (Lipinski definition) is 6. The van der Waals surface area contributed by atoms with Gasteiger partial charge in [0.2, 0.25) is 5.25 Å². The fourth-order valence-electron chi connectivity index (χ4n) is 2.25. The van der Waals surface area contributed by atoms with Crippen LogP contribution in [-0.4, -0.2) is 66.7 Å². The Bertz CT molecular complexity index is 619. The van der Waals surface area contributed by atoms with Crippen LogP contribution in [0.15, 0.2) is 0 Å². The predicted octanol–water partition coefficient (Wildman–Crippen LogP) is 2.00. The zero-order chi connectivity index (χ0) is 20.3. The molecule has 0 radical (unpaired) electrons. The van der Waals surface area contributed by atoms with Crippen LogP contribution < -0.4 is 0 Å². The summed E-state index contributed by atoms with van der Waals surface area (Å²) >= 11 is 0. The van der Waals surface area contributed by atoms with E-state index >= 15 is 0 Å². The molecule has 0 spiro atoms. The van der Waals surface area contributed by atoms with Crippen molar-refractivity contribution >= 4 is 22.2 Å². The summed E-state index contributed by atoms with van der Waals surface area (Å²) < 4.78 is 77.6. The summed E-state index contributed by atoms with van der Waals surface area (Å²) in [6.07, 6.45) is -5.55. The first kappa shape index (κ1) is 22.5. The SMILES string of the molecule is CC(C)(C)OC(=O)N1CCC(C(=O)OCC(C(F)(F)F)S(=O)(=O)O)CC1. The summed E-state index contributed by atoms with van der Waals surface area (Å²) in [4.78, 5) is 25.1. The molecule has 152 valence electrons. The number of nitrogens with zero attached hydrogens (tertiary/aromatic N) is 1. The molecule has 1 heterocycles. The normalized spacial score (nSPS) is 18.3. The van der Waals surface area contributed by atoms with Crippen LogP contribution in [0, 0.1) is 5.92 Å². The van der Waals surface area contributed by atoms with Crippen molar-refractivity contribution in [1.29, 1.82) is 0 Å². The van der Waals surface area contributed by atoms with Gasteiger partial charge < -0.3 is 14.4 Å². The molecule has 0 saturated carbocycles. The lowest BCUT2D eigenvalue weighted by Crippen LogP contribution is -2.44. The zero-order valence-electron chi connectivity index (χ0n) is 14.6. The maximum absolute atomic E-state index is 12.6. The summed E-state index contributed by atoms with van der Waals surface area (Å²) in [5.74, 6) is -1.78. The van der Waals surface area contributed by atoms with Crippen molar-refractivity contribution in [3.63, 3.8) is 0 Å². The van der Waals surface area contributed by atoms with Crippen molar-refractivity contribution in [2.24, 2.45) is 5.92 Å². The van der Waals surface area contributed by atoms with Gasteiger partial charge in [0.25, 0.3) is 10.1 Å². The highest BCUT2D eigenvalue weighted by Crippen LogP contribution is 2.27. The lowest BCUT2D eigenvalue weighted by atomic mass is 9.97. The molecule has 26 heavy (non-hydrogen) atoms. The van der Waals surface area contributed by atoms with E-state index in [4.69, 9.17) is 9.29 Å². The lowest BCUT2D eigenvalue weighted by molar-refractivity contribution is -0.161. The average Bonchev–Trinajstić information content (AvgIpc) is 2.42. The number of carbonyl (C=O) groups excluding carboxylic acids is 2. The molecule has 0 bridgehead atoms. The third-order valence-corrected chi connectivity index (χ3v) is 4.70. The second kappa shape index (κ2) is 7.99. The van der Waals surface area contributed by atoms with E-state index in [0.29, 0.717) is 0 Å². The molecule has 1 unspecified atom stereocenters. The molecule has 8 nitrogen and oxygen atoms in total. The number of hydrogen-bond donors (Lipinski definition) is 1. The van der Waals surface area contributed by atoms with Crippen molar-refractivity contribution < 1.29 is 45.2 Å². The highest BCUT2D eigenvalue weighted by molar-refractivity contribution is 7.86. The van der Waals surface area contributed by atoms with Gasteiger partial charge in [-0.2, -0.15) is 21.6 Å². The summed E-state index contributed by atoms with van der Waals surface area (Å²) in [7, 11) is -5.46. The van der Waals surface area contributed by atoms with Crippen LogP contribution in [0.1, 0.15) is 33.6 Å². The minimum absolute atomic E-state index is 0.140. The molecule has 1 atom stereocenters. The average molecular weight is 405 g/mol. The largest absolute Gasteiger partial charge is 0.464 e. The van der Waals surface area contributed by atoms with Crippen LogP contribution in [0.3, 0.4) is 0 Å². The number of amides is 1. The first-order chi connectivity index (χ1) is 11.6. The molecular formula is C14H22F3NO7S. The predicted molar refractivity (Wildman–Crippen MR) is 82.9 cm³/mol. The Kier molecular flexibility index (Phi) is 6.91. The van der Waals surface area contributed by atoms with Gasteiger partial charge in [0, 0.05) is 13.1 Å². The first-order valence-corrected chi connectivity index (χ1v) is 9.29. The number of piperidine rings is 1. The molecule has 1 rings (SSSR count).